The van der Waals surface area contributed by atoms with Gasteiger partial charge >= 0.3 is 0 Å². The number of hydrogen-bond acceptors (Lipinski definition) is 5. The van der Waals surface area contributed by atoms with E-state index in [1.165, 1.54) is 13.2 Å². The third-order valence-electron chi connectivity index (χ3n) is 3.80. The number of hydrogen-bond donors (Lipinski definition) is 1. The smallest absolute Gasteiger partial charge is 0.265 e. The van der Waals surface area contributed by atoms with Gasteiger partial charge in [0.1, 0.15) is 10.6 Å². The molecule has 3 rings (SSSR count). The summed E-state index contributed by atoms with van der Waals surface area (Å²) in [4.78, 5) is 6.56. The standard InChI is InChI=1S/C16H19N3O3S/c1-22-14-8-2-3-9-15(14)23(20,21)18-13-7-6-10-17-16(13)19-11-4-5-12-19/h2-3,6-10,18H,4-5,11-12H2,1H3. The number of nitrogens with one attached hydrogen (secondary N) is 1. The first-order valence-corrected chi connectivity index (χ1v) is 8.96. The Labute approximate surface area is 136 Å². The van der Waals surface area contributed by atoms with Crippen molar-refractivity contribution in [2.75, 3.05) is 29.8 Å². The highest BCUT2D eigenvalue weighted by Gasteiger charge is 2.23. The minimum Gasteiger partial charge on any atom is -0.495 e. The normalized spacial score (nSPS) is 14.7. The highest BCUT2D eigenvalue weighted by molar-refractivity contribution is 7.92. The molecule has 1 fully saturated rings. The van der Waals surface area contributed by atoms with Crippen LogP contribution in [0.3, 0.4) is 0 Å². The van der Waals surface area contributed by atoms with E-state index in [9.17, 15) is 8.42 Å². The summed E-state index contributed by atoms with van der Waals surface area (Å²) < 4.78 is 33.2. The molecule has 0 bridgehead atoms. The van der Waals surface area contributed by atoms with E-state index in [4.69, 9.17) is 4.74 Å². The van der Waals surface area contributed by atoms with Crippen LogP contribution >= 0.6 is 0 Å². The molecule has 1 N–H and O–H groups in total. The van der Waals surface area contributed by atoms with Crippen LogP contribution in [0.25, 0.3) is 0 Å². The number of pyridine rings is 1. The third-order valence-corrected chi connectivity index (χ3v) is 5.20. The van der Waals surface area contributed by atoms with Crippen LogP contribution in [0.1, 0.15) is 12.8 Å². The molecular weight excluding hydrogens is 314 g/mol. The maximum Gasteiger partial charge on any atom is 0.265 e. The van der Waals surface area contributed by atoms with Crippen LogP contribution in [0.2, 0.25) is 0 Å². The topological polar surface area (TPSA) is 71.5 Å². The molecule has 6 nitrogen and oxygen atoms in total. The summed E-state index contributed by atoms with van der Waals surface area (Å²) in [5, 5.41) is 0. The average Bonchev–Trinajstić information content (AvgIpc) is 3.09. The maximum absolute atomic E-state index is 12.7. The lowest BCUT2D eigenvalue weighted by atomic mass is 10.3. The van der Waals surface area contributed by atoms with Crippen LogP contribution in [0.15, 0.2) is 47.5 Å². The van der Waals surface area contributed by atoms with E-state index >= 15 is 0 Å². The molecule has 0 amide bonds. The number of ether oxygens (including phenoxy) is 1. The van der Waals surface area contributed by atoms with E-state index in [1.54, 1.807) is 36.5 Å². The van der Waals surface area contributed by atoms with Crippen LogP contribution < -0.4 is 14.4 Å². The number of anilines is 2. The van der Waals surface area contributed by atoms with Crippen LogP contribution in [-0.2, 0) is 10.0 Å². The van der Waals surface area contributed by atoms with Gasteiger partial charge < -0.3 is 9.64 Å². The van der Waals surface area contributed by atoms with Crippen LogP contribution in [-0.4, -0.2) is 33.6 Å². The SMILES string of the molecule is COc1ccccc1S(=O)(=O)Nc1cccnc1N1CCCC1. The Morgan fingerprint density at radius 3 is 2.61 bits per heavy atom. The molecule has 0 saturated carbocycles. The minimum absolute atomic E-state index is 0.110. The van der Waals surface area contributed by atoms with Crippen molar-refractivity contribution in [2.24, 2.45) is 0 Å². The zero-order chi connectivity index (χ0) is 16.3. The van der Waals surface area contributed by atoms with E-state index in [2.05, 4.69) is 14.6 Å². The molecule has 0 spiro atoms. The van der Waals surface area contributed by atoms with Gasteiger partial charge in [-0.15, -0.1) is 0 Å². The summed E-state index contributed by atoms with van der Waals surface area (Å²) in [5.41, 5.74) is 0.486. The summed E-state index contributed by atoms with van der Waals surface area (Å²) >= 11 is 0. The van der Waals surface area contributed by atoms with Crippen molar-refractivity contribution in [3.63, 3.8) is 0 Å². The Kier molecular flexibility index (Phi) is 4.38. The monoisotopic (exact) mass is 333 g/mol. The van der Waals surface area contributed by atoms with Gasteiger partial charge in [0, 0.05) is 19.3 Å². The number of nitrogens with zero attached hydrogens (tertiary/aromatic N) is 2. The van der Waals surface area contributed by atoms with E-state index in [0.717, 1.165) is 25.9 Å². The number of methoxy groups -OCH3 is 1. The van der Waals surface area contributed by atoms with E-state index in [1.807, 2.05) is 0 Å². The van der Waals surface area contributed by atoms with Gasteiger partial charge in [-0.2, -0.15) is 0 Å². The Morgan fingerprint density at radius 2 is 1.87 bits per heavy atom. The Bertz CT molecular complexity index is 787. The minimum atomic E-state index is -3.75. The lowest BCUT2D eigenvalue weighted by molar-refractivity contribution is 0.403. The fourth-order valence-electron chi connectivity index (χ4n) is 2.70. The van der Waals surface area contributed by atoms with Gasteiger partial charge in [-0.25, -0.2) is 13.4 Å². The molecule has 122 valence electrons. The number of rotatable bonds is 5. The van der Waals surface area contributed by atoms with Gasteiger partial charge in [0.2, 0.25) is 0 Å². The number of sulfonamides is 1. The maximum atomic E-state index is 12.7. The molecular formula is C16H19N3O3S. The molecule has 2 heterocycles. The third kappa shape index (κ3) is 3.24. The summed E-state index contributed by atoms with van der Waals surface area (Å²) in [6, 6.07) is 10.00. The van der Waals surface area contributed by atoms with E-state index < -0.39 is 10.0 Å². The molecule has 1 aliphatic heterocycles. The van der Waals surface area contributed by atoms with Crippen molar-refractivity contribution in [3.8, 4) is 5.75 Å². The van der Waals surface area contributed by atoms with Crippen molar-refractivity contribution < 1.29 is 13.2 Å². The molecule has 1 aromatic heterocycles. The fraction of sp³-hybridized carbons (Fsp3) is 0.312. The zero-order valence-electron chi connectivity index (χ0n) is 12.9. The summed E-state index contributed by atoms with van der Waals surface area (Å²) in [7, 11) is -2.30. The largest absolute Gasteiger partial charge is 0.495 e. The number of para-hydroxylation sites is 1. The van der Waals surface area contributed by atoms with Gasteiger partial charge in [-0.05, 0) is 37.1 Å². The molecule has 0 radical (unpaired) electrons. The van der Waals surface area contributed by atoms with Crippen molar-refractivity contribution in [1.29, 1.82) is 0 Å². The van der Waals surface area contributed by atoms with Gasteiger partial charge in [0.15, 0.2) is 5.82 Å². The predicted octanol–water partition coefficient (Wildman–Crippen LogP) is 2.49. The molecule has 7 heteroatoms. The van der Waals surface area contributed by atoms with E-state index in [0.29, 0.717) is 17.3 Å². The Balaban J connectivity index is 1.95. The second-order valence-electron chi connectivity index (χ2n) is 5.33. The molecule has 0 unspecified atom stereocenters. The first kappa shape index (κ1) is 15.6. The first-order chi connectivity index (χ1) is 11.1. The van der Waals surface area contributed by atoms with Crippen LogP contribution in [0, 0.1) is 0 Å². The quantitative estimate of drug-likeness (QED) is 0.910. The van der Waals surface area contributed by atoms with Gasteiger partial charge in [-0.1, -0.05) is 12.1 Å². The molecule has 23 heavy (non-hydrogen) atoms. The molecule has 2 aromatic rings. The van der Waals surface area contributed by atoms with Crippen LogP contribution in [0.5, 0.6) is 5.75 Å². The van der Waals surface area contributed by atoms with Crippen molar-refractivity contribution in [2.45, 2.75) is 17.7 Å². The molecule has 1 aromatic carbocycles. The fourth-order valence-corrected chi connectivity index (χ4v) is 3.93. The van der Waals surface area contributed by atoms with E-state index in [-0.39, 0.29) is 4.90 Å². The van der Waals surface area contributed by atoms with Crippen molar-refractivity contribution >= 4 is 21.5 Å². The average molecular weight is 333 g/mol. The van der Waals surface area contributed by atoms with Gasteiger partial charge in [0.05, 0.1) is 12.8 Å². The predicted molar refractivity (Wildman–Crippen MR) is 89.5 cm³/mol. The Morgan fingerprint density at radius 1 is 1.13 bits per heavy atom. The zero-order valence-corrected chi connectivity index (χ0v) is 13.7. The lowest BCUT2D eigenvalue weighted by Crippen LogP contribution is -2.22. The molecule has 0 aliphatic carbocycles. The van der Waals surface area contributed by atoms with Gasteiger partial charge in [-0.3, -0.25) is 4.72 Å². The second kappa shape index (κ2) is 6.45. The van der Waals surface area contributed by atoms with Crippen molar-refractivity contribution in [3.05, 3.63) is 42.6 Å². The molecule has 1 saturated heterocycles. The number of benzene rings is 1. The number of aromatic nitrogens is 1. The van der Waals surface area contributed by atoms with Gasteiger partial charge in [0.25, 0.3) is 10.0 Å². The summed E-state index contributed by atoms with van der Waals surface area (Å²) in [6.07, 6.45) is 3.86. The van der Waals surface area contributed by atoms with Crippen LogP contribution in [0.4, 0.5) is 11.5 Å². The summed E-state index contributed by atoms with van der Waals surface area (Å²) in [6.45, 7) is 1.78. The lowest BCUT2D eigenvalue weighted by Gasteiger charge is -2.20. The molecule has 0 atom stereocenters. The highest BCUT2D eigenvalue weighted by atomic mass is 32.2. The molecule has 1 aliphatic rings. The highest BCUT2D eigenvalue weighted by Crippen LogP contribution is 2.30. The van der Waals surface area contributed by atoms with Crippen molar-refractivity contribution in [1.82, 2.24) is 4.98 Å². The first-order valence-electron chi connectivity index (χ1n) is 7.47. The summed E-state index contributed by atoms with van der Waals surface area (Å²) in [5.74, 6) is 0.982. The Hall–Kier alpha value is -2.28. The second-order valence-corrected chi connectivity index (χ2v) is 6.98.